The Labute approximate surface area is 160 Å². The molecule has 1 heterocycles. The average molecular weight is 362 g/mol. The predicted molar refractivity (Wildman–Crippen MR) is 106 cm³/mol. The summed E-state index contributed by atoms with van der Waals surface area (Å²) in [6.45, 7) is 3.19. The first-order valence-corrected chi connectivity index (χ1v) is 9.84. The number of carbonyl (C=O) groups excluding carboxylic acids is 2. The van der Waals surface area contributed by atoms with Gasteiger partial charge in [-0.1, -0.05) is 60.9 Å². The molecule has 1 aliphatic carbocycles. The quantitative estimate of drug-likeness (QED) is 0.909. The highest BCUT2D eigenvalue weighted by Crippen LogP contribution is 2.38. The van der Waals surface area contributed by atoms with Gasteiger partial charge < -0.3 is 10.2 Å². The summed E-state index contributed by atoms with van der Waals surface area (Å²) >= 11 is 0. The fraction of sp³-hybridized carbons (Fsp3) is 0.391. The van der Waals surface area contributed by atoms with Crippen LogP contribution in [0.4, 0.5) is 0 Å². The van der Waals surface area contributed by atoms with Crippen LogP contribution in [0.15, 0.2) is 48.5 Å². The molecular weight excluding hydrogens is 336 g/mol. The maximum atomic E-state index is 13.5. The zero-order valence-corrected chi connectivity index (χ0v) is 15.8. The topological polar surface area (TPSA) is 49.4 Å². The largest absolute Gasteiger partial charge is 0.352 e. The van der Waals surface area contributed by atoms with E-state index in [1.807, 2.05) is 29.2 Å². The highest BCUT2D eigenvalue weighted by Gasteiger charge is 2.50. The number of aryl methyl sites for hydroxylation is 1. The van der Waals surface area contributed by atoms with Crippen LogP contribution in [0, 0.1) is 6.92 Å². The lowest BCUT2D eigenvalue weighted by Gasteiger charge is -2.44. The van der Waals surface area contributed by atoms with Crippen molar-refractivity contribution >= 4 is 11.8 Å². The standard InChI is InChI=1S/C23H26N2O2/c1-17-8-10-18(11-9-17)16-19-6-2-3-7-20(19)21(26)25-15-14-24-22(27)23(25)12-4-5-13-23/h2-3,6-11H,4-5,12-16H2,1H3,(H,24,27). The second kappa shape index (κ2) is 7.18. The van der Waals surface area contributed by atoms with Gasteiger partial charge in [0.05, 0.1) is 0 Å². The SMILES string of the molecule is Cc1ccc(Cc2ccccc2C(=O)N2CCNC(=O)C23CCCC3)cc1. The maximum absolute atomic E-state index is 13.5. The molecular formula is C23H26N2O2. The van der Waals surface area contributed by atoms with E-state index in [2.05, 4.69) is 36.5 Å². The monoisotopic (exact) mass is 362 g/mol. The van der Waals surface area contributed by atoms with Crippen molar-refractivity contribution in [3.8, 4) is 0 Å². The second-order valence-electron chi connectivity index (χ2n) is 7.77. The number of hydrogen-bond acceptors (Lipinski definition) is 2. The zero-order chi connectivity index (χ0) is 18.9. The molecule has 2 amide bonds. The molecule has 4 heteroatoms. The van der Waals surface area contributed by atoms with Gasteiger partial charge in [-0.15, -0.1) is 0 Å². The molecule has 0 aromatic heterocycles. The lowest BCUT2D eigenvalue weighted by atomic mass is 9.89. The van der Waals surface area contributed by atoms with Gasteiger partial charge in [0.1, 0.15) is 5.54 Å². The van der Waals surface area contributed by atoms with Crippen molar-refractivity contribution in [2.75, 3.05) is 13.1 Å². The van der Waals surface area contributed by atoms with E-state index in [1.54, 1.807) is 0 Å². The Bertz CT molecular complexity index is 851. The molecule has 27 heavy (non-hydrogen) atoms. The molecule has 2 aromatic carbocycles. The molecule has 1 saturated heterocycles. The van der Waals surface area contributed by atoms with Crippen LogP contribution < -0.4 is 5.32 Å². The number of amides is 2. The minimum absolute atomic E-state index is 0.00513. The van der Waals surface area contributed by atoms with Crippen molar-refractivity contribution in [2.24, 2.45) is 0 Å². The molecule has 2 aromatic rings. The summed E-state index contributed by atoms with van der Waals surface area (Å²) in [7, 11) is 0. The summed E-state index contributed by atoms with van der Waals surface area (Å²) in [6, 6.07) is 16.3. The predicted octanol–water partition coefficient (Wildman–Crippen LogP) is 3.47. The van der Waals surface area contributed by atoms with Gasteiger partial charge in [0.2, 0.25) is 5.91 Å². The first kappa shape index (κ1) is 17.8. The van der Waals surface area contributed by atoms with Gasteiger partial charge in [0.25, 0.3) is 5.91 Å². The van der Waals surface area contributed by atoms with Crippen LogP contribution in [0.2, 0.25) is 0 Å². The van der Waals surface area contributed by atoms with Crippen LogP contribution in [0.1, 0.15) is 52.7 Å². The number of nitrogens with zero attached hydrogens (tertiary/aromatic N) is 1. The molecule has 1 N–H and O–H groups in total. The summed E-state index contributed by atoms with van der Waals surface area (Å²) in [4.78, 5) is 28.0. The van der Waals surface area contributed by atoms with E-state index in [0.29, 0.717) is 13.1 Å². The first-order valence-electron chi connectivity index (χ1n) is 9.84. The Morgan fingerprint density at radius 2 is 1.78 bits per heavy atom. The van der Waals surface area contributed by atoms with Gasteiger partial charge in [-0.25, -0.2) is 0 Å². The van der Waals surface area contributed by atoms with E-state index in [4.69, 9.17) is 0 Å². The fourth-order valence-corrected chi connectivity index (χ4v) is 4.49. The smallest absolute Gasteiger partial charge is 0.255 e. The number of nitrogens with one attached hydrogen (secondary N) is 1. The molecule has 140 valence electrons. The number of hydrogen-bond donors (Lipinski definition) is 1. The first-order chi connectivity index (χ1) is 13.1. The van der Waals surface area contributed by atoms with Gasteiger partial charge in [-0.3, -0.25) is 9.59 Å². The third-order valence-electron chi connectivity index (χ3n) is 6.00. The third-order valence-corrected chi connectivity index (χ3v) is 6.00. The van der Waals surface area contributed by atoms with Crippen LogP contribution >= 0.6 is 0 Å². The minimum Gasteiger partial charge on any atom is -0.352 e. The molecule has 2 aliphatic rings. The molecule has 1 spiro atoms. The summed E-state index contributed by atoms with van der Waals surface area (Å²) < 4.78 is 0. The van der Waals surface area contributed by atoms with E-state index in [9.17, 15) is 9.59 Å². The van der Waals surface area contributed by atoms with Crippen molar-refractivity contribution < 1.29 is 9.59 Å². The van der Waals surface area contributed by atoms with Crippen molar-refractivity contribution in [1.82, 2.24) is 10.2 Å². The van der Waals surface area contributed by atoms with E-state index in [1.165, 1.54) is 11.1 Å². The highest BCUT2D eigenvalue weighted by atomic mass is 16.2. The van der Waals surface area contributed by atoms with Crippen molar-refractivity contribution in [3.05, 3.63) is 70.8 Å². The number of rotatable bonds is 3. The average Bonchev–Trinajstić information content (AvgIpc) is 3.16. The highest BCUT2D eigenvalue weighted by molar-refractivity contribution is 6.01. The van der Waals surface area contributed by atoms with Crippen molar-refractivity contribution in [2.45, 2.75) is 44.6 Å². The minimum atomic E-state index is -0.647. The molecule has 0 unspecified atom stereocenters. The van der Waals surface area contributed by atoms with Gasteiger partial charge in [-0.05, 0) is 43.4 Å². The Balaban J connectivity index is 1.65. The van der Waals surface area contributed by atoms with Crippen LogP contribution in [0.5, 0.6) is 0 Å². The molecule has 1 saturated carbocycles. The van der Waals surface area contributed by atoms with E-state index in [0.717, 1.165) is 43.2 Å². The molecule has 4 rings (SSSR count). The maximum Gasteiger partial charge on any atom is 0.255 e. The lowest BCUT2D eigenvalue weighted by Crippen LogP contribution is -2.65. The van der Waals surface area contributed by atoms with Gasteiger partial charge in [-0.2, -0.15) is 0 Å². The van der Waals surface area contributed by atoms with Crippen LogP contribution in [0.25, 0.3) is 0 Å². The Kier molecular flexibility index (Phi) is 4.73. The third kappa shape index (κ3) is 3.25. The van der Waals surface area contributed by atoms with Gasteiger partial charge in [0.15, 0.2) is 0 Å². The van der Waals surface area contributed by atoms with E-state index >= 15 is 0 Å². The molecule has 0 bridgehead atoms. The molecule has 0 radical (unpaired) electrons. The summed E-state index contributed by atoms with van der Waals surface area (Å²) in [5.74, 6) is 0.0186. The van der Waals surface area contributed by atoms with Gasteiger partial charge >= 0.3 is 0 Å². The Hall–Kier alpha value is -2.62. The van der Waals surface area contributed by atoms with Crippen LogP contribution in [-0.4, -0.2) is 35.3 Å². The molecule has 4 nitrogen and oxygen atoms in total. The van der Waals surface area contributed by atoms with Crippen molar-refractivity contribution in [3.63, 3.8) is 0 Å². The molecule has 1 aliphatic heterocycles. The summed E-state index contributed by atoms with van der Waals surface area (Å²) in [6.07, 6.45) is 4.26. The van der Waals surface area contributed by atoms with Gasteiger partial charge in [0, 0.05) is 18.7 Å². The zero-order valence-electron chi connectivity index (χ0n) is 15.8. The molecule has 2 fully saturated rings. The van der Waals surface area contributed by atoms with Crippen LogP contribution in [-0.2, 0) is 11.2 Å². The Morgan fingerprint density at radius 3 is 2.52 bits per heavy atom. The lowest BCUT2D eigenvalue weighted by molar-refractivity contribution is -0.134. The number of carbonyl (C=O) groups is 2. The second-order valence-corrected chi connectivity index (χ2v) is 7.77. The van der Waals surface area contributed by atoms with Crippen LogP contribution in [0.3, 0.4) is 0 Å². The number of piperazine rings is 1. The van der Waals surface area contributed by atoms with E-state index < -0.39 is 5.54 Å². The molecule has 0 atom stereocenters. The number of benzene rings is 2. The van der Waals surface area contributed by atoms with Crippen molar-refractivity contribution in [1.29, 1.82) is 0 Å². The summed E-state index contributed by atoms with van der Waals surface area (Å²) in [5, 5.41) is 2.98. The van der Waals surface area contributed by atoms with E-state index in [-0.39, 0.29) is 11.8 Å². The fourth-order valence-electron chi connectivity index (χ4n) is 4.49. The summed E-state index contributed by atoms with van der Waals surface area (Å²) in [5.41, 5.74) is 3.51. The Morgan fingerprint density at radius 1 is 1.07 bits per heavy atom. The normalized spacial score (nSPS) is 18.6.